The quantitative estimate of drug-likeness (QED) is 0.653. The predicted molar refractivity (Wildman–Crippen MR) is 88.2 cm³/mol. The van der Waals surface area contributed by atoms with E-state index < -0.39 is 0 Å². The molecule has 0 spiro atoms. The van der Waals surface area contributed by atoms with Crippen molar-refractivity contribution in [2.45, 2.75) is 52.9 Å². The zero-order valence-electron chi connectivity index (χ0n) is 13.3. The lowest BCUT2D eigenvalue weighted by atomic mass is 10.0. The van der Waals surface area contributed by atoms with Gasteiger partial charge in [-0.15, -0.1) is 0 Å². The Balaban J connectivity index is 2.45. The first-order chi connectivity index (χ1) is 9.56. The highest BCUT2D eigenvalue weighted by Gasteiger charge is 2.10. The Kier molecular flexibility index (Phi) is 8.01. The highest BCUT2D eigenvalue weighted by molar-refractivity contribution is 6.31. The van der Waals surface area contributed by atoms with Gasteiger partial charge in [-0.3, -0.25) is 0 Å². The van der Waals surface area contributed by atoms with Crippen LogP contribution in [0.3, 0.4) is 0 Å². The third-order valence-electron chi connectivity index (χ3n) is 3.41. The Labute approximate surface area is 128 Å². The average Bonchev–Trinajstić information content (AvgIpc) is 2.41. The van der Waals surface area contributed by atoms with E-state index in [1.807, 2.05) is 13.0 Å². The van der Waals surface area contributed by atoms with Gasteiger partial charge in [-0.1, -0.05) is 45.2 Å². The molecule has 0 amide bonds. The smallest absolute Gasteiger partial charge is 0.123 e. The summed E-state index contributed by atoms with van der Waals surface area (Å²) in [5.41, 5.74) is 2.26. The maximum Gasteiger partial charge on any atom is 0.123 e. The van der Waals surface area contributed by atoms with E-state index in [2.05, 4.69) is 32.2 Å². The number of hydrogen-bond acceptors (Lipinski definition) is 2. The van der Waals surface area contributed by atoms with Gasteiger partial charge in [0.15, 0.2) is 0 Å². The highest BCUT2D eigenvalue weighted by atomic mass is 35.5. The summed E-state index contributed by atoms with van der Waals surface area (Å²) in [5.74, 6) is 1.39. The van der Waals surface area contributed by atoms with Crippen LogP contribution in [0.25, 0.3) is 0 Å². The van der Waals surface area contributed by atoms with E-state index in [1.54, 1.807) is 0 Å². The van der Waals surface area contributed by atoms with Crippen LogP contribution >= 0.6 is 11.6 Å². The molecule has 2 nitrogen and oxygen atoms in total. The van der Waals surface area contributed by atoms with Crippen molar-refractivity contribution in [3.8, 4) is 5.75 Å². The maximum absolute atomic E-state index is 6.19. The summed E-state index contributed by atoms with van der Waals surface area (Å²) < 4.78 is 5.92. The SMILES string of the molecule is CCCCCNCCOc1cc(C)c(Cl)cc1C(C)C. The summed E-state index contributed by atoms with van der Waals surface area (Å²) in [6.07, 6.45) is 3.80. The van der Waals surface area contributed by atoms with E-state index >= 15 is 0 Å². The van der Waals surface area contributed by atoms with Crippen molar-refractivity contribution in [2.75, 3.05) is 19.7 Å². The minimum absolute atomic E-state index is 0.417. The Morgan fingerprint density at radius 2 is 1.95 bits per heavy atom. The second kappa shape index (κ2) is 9.25. The number of unbranched alkanes of at least 4 members (excludes halogenated alkanes) is 2. The van der Waals surface area contributed by atoms with E-state index in [0.717, 1.165) is 29.4 Å². The van der Waals surface area contributed by atoms with Gasteiger partial charge in [0.05, 0.1) is 0 Å². The lowest BCUT2D eigenvalue weighted by molar-refractivity contribution is 0.309. The Bertz CT molecular complexity index is 404. The summed E-state index contributed by atoms with van der Waals surface area (Å²) in [6, 6.07) is 4.08. The Morgan fingerprint density at radius 3 is 2.60 bits per heavy atom. The third-order valence-corrected chi connectivity index (χ3v) is 3.81. The van der Waals surface area contributed by atoms with Gasteiger partial charge in [0, 0.05) is 11.6 Å². The topological polar surface area (TPSA) is 21.3 Å². The fourth-order valence-corrected chi connectivity index (χ4v) is 2.28. The minimum atomic E-state index is 0.417. The van der Waals surface area contributed by atoms with Crippen molar-refractivity contribution in [3.05, 3.63) is 28.3 Å². The van der Waals surface area contributed by atoms with Crippen LogP contribution in [-0.4, -0.2) is 19.7 Å². The second-order valence-corrected chi connectivity index (χ2v) is 6.01. The van der Waals surface area contributed by atoms with Crippen LogP contribution in [0.5, 0.6) is 5.75 Å². The van der Waals surface area contributed by atoms with Crippen LogP contribution < -0.4 is 10.1 Å². The van der Waals surface area contributed by atoms with Gasteiger partial charge in [-0.2, -0.15) is 0 Å². The summed E-state index contributed by atoms with van der Waals surface area (Å²) in [5, 5.41) is 4.23. The van der Waals surface area contributed by atoms with Gasteiger partial charge in [-0.25, -0.2) is 0 Å². The van der Waals surface area contributed by atoms with Gasteiger partial charge in [0.25, 0.3) is 0 Å². The lowest BCUT2D eigenvalue weighted by Gasteiger charge is -2.16. The number of ether oxygens (including phenoxy) is 1. The number of benzene rings is 1. The molecule has 1 aromatic carbocycles. The van der Waals surface area contributed by atoms with E-state index in [0.29, 0.717) is 12.5 Å². The number of halogens is 1. The molecular formula is C17H28ClNO. The summed E-state index contributed by atoms with van der Waals surface area (Å²) >= 11 is 6.19. The standard InChI is InChI=1S/C17H28ClNO/c1-5-6-7-8-19-9-10-20-17-11-14(4)16(18)12-15(17)13(2)3/h11-13,19H,5-10H2,1-4H3. The number of nitrogens with one attached hydrogen (secondary N) is 1. The minimum Gasteiger partial charge on any atom is -0.492 e. The molecule has 1 rings (SSSR count). The van der Waals surface area contributed by atoms with Gasteiger partial charge in [-0.05, 0) is 49.1 Å². The molecular weight excluding hydrogens is 270 g/mol. The first-order valence-electron chi connectivity index (χ1n) is 7.69. The molecule has 0 aromatic heterocycles. The van der Waals surface area contributed by atoms with Crippen LogP contribution in [0.4, 0.5) is 0 Å². The fraction of sp³-hybridized carbons (Fsp3) is 0.647. The maximum atomic E-state index is 6.19. The molecule has 1 aromatic rings. The largest absolute Gasteiger partial charge is 0.492 e. The molecule has 0 aliphatic carbocycles. The normalized spacial score (nSPS) is 11.1. The van der Waals surface area contributed by atoms with Gasteiger partial charge < -0.3 is 10.1 Å². The van der Waals surface area contributed by atoms with E-state index in [1.165, 1.54) is 24.8 Å². The molecule has 0 atom stereocenters. The summed E-state index contributed by atoms with van der Waals surface area (Å²) in [6.45, 7) is 11.2. The second-order valence-electron chi connectivity index (χ2n) is 5.60. The first-order valence-corrected chi connectivity index (χ1v) is 8.07. The molecule has 0 bridgehead atoms. The molecule has 0 unspecified atom stereocenters. The van der Waals surface area contributed by atoms with Crippen LogP contribution in [0.1, 0.15) is 57.1 Å². The van der Waals surface area contributed by atoms with Crippen molar-refractivity contribution >= 4 is 11.6 Å². The van der Waals surface area contributed by atoms with Gasteiger partial charge in [0.2, 0.25) is 0 Å². The lowest BCUT2D eigenvalue weighted by Crippen LogP contribution is -2.22. The molecule has 0 heterocycles. The van der Waals surface area contributed by atoms with Crippen molar-refractivity contribution in [3.63, 3.8) is 0 Å². The molecule has 0 saturated carbocycles. The van der Waals surface area contributed by atoms with Crippen LogP contribution in [0.15, 0.2) is 12.1 Å². The fourth-order valence-electron chi connectivity index (χ4n) is 2.10. The van der Waals surface area contributed by atoms with Crippen molar-refractivity contribution in [1.82, 2.24) is 5.32 Å². The Hall–Kier alpha value is -0.730. The monoisotopic (exact) mass is 297 g/mol. The van der Waals surface area contributed by atoms with Crippen molar-refractivity contribution < 1.29 is 4.74 Å². The zero-order valence-corrected chi connectivity index (χ0v) is 14.0. The molecule has 0 fully saturated rings. The van der Waals surface area contributed by atoms with Gasteiger partial charge in [0.1, 0.15) is 12.4 Å². The molecule has 0 aliphatic rings. The number of aryl methyl sites for hydroxylation is 1. The van der Waals surface area contributed by atoms with E-state index in [-0.39, 0.29) is 0 Å². The van der Waals surface area contributed by atoms with E-state index in [4.69, 9.17) is 16.3 Å². The predicted octanol–water partition coefficient (Wildman–Crippen LogP) is 4.93. The highest BCUT2D eigenvalue weighted by Crippen LogP contribution is 2.31. The average molecular weight is 298 g/mol. The zero-order chi connectivity index (χ0) is 15.0. The number of hydrogen-bond donors (Lipinski definition) is 1. The van der Waals surface area contributed by atoms with Crippen LogP contribution in [0, 0.1) is 6.92 Å². The third kappa shape index (κ3) is 5.72. The Morgan fingerprint density at radius 1 is 1.20 bits per heavy atom. The molecule has 3 heteroatoms. The van der Waals surface area contributed by atoms with Gasteiger partial charge >= 0.3 is 0 Å². The van der Waals surface area contributed by atoms with Crippen LogP contribution in [-0.2, 0) is 0 Å². The van der Waals surface area contributed by atoms with Crippen molar-refractivity contribution in [2.24, 2.45) is 0 Å². The molecule has 0 aliphatic heterocycles. The number of rotatable bonds is 9. The summed E-state index contributed by atoms with van der Waals surface area (Å²) in [4.78, 5) is 0. The van der Waals surface area contributed by atoms with E-state index in [9.17, 15) is 0 Å². The molecule has 0 radical (unpaired) electrons. The molecule has 1 N–H and O–H groups in total. The first kappa shape index (κ1) is 17.3. The molecule has 114 valence electrons. The van der Waals surface area contributed by atoms with Crippen LogP contribution in [0.2, 0.25) is 5.02 Å². The summed E-state index contributed by atoms with van der Waals surface area (Å²) in [7, 11) is 0. The molecule has 0 saturated heterocycles. The molecule has 20 heavy (non-hydrogen) atoms. The van der Waals surface area contributed by atoms with Crippen molar-refractivity contribution in [1.29, 1.82) is 0 Å².